The summed E-state index contributed by atoms with van der Waals surface area (Å²) >= 11 is 5.97. The van der Waals surface area contributed by atoms with Gasteiger partial charge < -0.3 is 5.73 Å². The Bertz CT molecular complexity index is 566. The molecule has 1 saturated heterocycles. The molecule has 2 aromatic carbocycles. The van der Waals surface area contributed by atoms with Crippen LogP contribution in [0.1, 0.15) is 23.1 Å². The number of hydrogen-bond acceptors (Lipinski definition) is 2. The van der Waals surface area contributed by atoms with Crippen LogP contribution in [0.3, 0.4) is 0 Å². The molecular formula is C20H25ClN2. The van der Waals surface area contributed by atoms with Crippen LogP contribution in [0.15, 0.2) is 48.5 Å². The average Bonchev–Trinajstić information content (AvgIpc) is 2.51. The number of aryl methyl sites for hydroxylation is 1. The first-order chi connectivity index (χ1) is 11.1. The van der Waals surface area contributed by atoms with Crippen molar-refractivity contribution in [2.24, 2.45) is 11.7 Å². The Kier molecular flexibility index (Phi) is 5.37. The molecule has 2 aromatic rings. The lowest BCUT2D eigenvalue weighted by molar-refractivity contribution is 0.149. The normalized spacial score (nSPS) is 22.2. The largest absolute Gasteiger partial charge is 0.327 e. The lowest BCUT2D eigenvalue weighted by atomic mass is 9.88. The van der Waals surface area contributed by atoms with E-state index in [2.05, 4.69) is 48.2 Å². The van der Waals surface area contributed by atoms with Crippen molar-refractivity contribution >= 4 is 11.6 Å². The predicted molar refractivity (Wildman–Crippen MR) is 97.7 cm³/mol. The second-order valence-electron chi connectivity index (χ2n) is 6.87. The van der Waals surface area contributed by atoms with Crippen LogP contribution in [0.25, 0.3) is 0 Å². The number of halogens is 1. The van der Waals surface area contributed by atoms with Crippen molar-refractivity contribution in [3.8, 4) is 0 Å². The molecule has 122 valence electrons. The van der Waals surface area contributed by atoms with Gasteiger partial charge in [0.15, 0.2) is 0 Å². The average molecular weight is 329 g/mol. The molecule has 2 nitrogen and oxygen atoms in total. The van der Waals surface area contributed by atoms with Crippen LogP contribution >= 0.6 is 11.6 Å². The third kappa shape index (κ3) is 4.81. The quantitative estimate of drug-likeness (QED) is 0.917. The first-order valence-electron chi connectivity index (χ1n) is 8.36. The van der Waals surface area contributed by atoms with Gasteiger partial charge in [-0.05, 0) is 48.9 Å². The van der Waals surface area contributed by atoms with Gasteiger partial charge in [-0.15, -0.1) is 0 Å². The van der Waals surface area contributed by atoms with Gasteiger partial charge in [-0.3, -0.25) is 4.90 Å². The van der Waals surface area contributed by atoms with E-state index in [0.29, 0.717) is 5.92 Å². The second-order valence-corrected chi connectivity index (χ2v) is 7.31. The summed E-state index contributed by atoms with van der Waals surface area (Å²) in [7, 11) is 0. The van der Waals surface area contributed by atoms with E-state index in [4.69, 9.17) is 17.3 Å². The van der Waals surface area contributed by atoms with Crippen LogP contribution in [-0.4, -0.2) is 24.0 Å². The van der Waals surface area contributed by atoms with Crippen LogP contribution in [0, 0.1) is 12.8 Å². The summed E-state index contributed by atoms with van der Waals surface area (Å²) < 4.78 is 0. The van der Waals surface area contributed by atoms with Crippen molar-refractivity contribution in [1.29, 1.82) is 0 Å². The number of hydrogen-bond donors (Lipinski definition) is 1. The van der Waals surface area contributed by atoms with Gasteiger partial charge in [0, 0.05) is 30.7 Å². The molecule has 2 unspecified atom stereocenters. The predicted octanol–water partition coefficient (Wildman–Crippen LogP) is 4.04. The molecular weight excluding hydrogens is 304 g/mol. The molecule has 0 radical (unpaired) electrons. The first kappa shape index (κ1) is 16.5. The van der Waals surface area contributed by atoms with Crippen LogP contribution in [0.4, 0.5) is 0 Å². The van der Waals surface area contributed by atoms with E-state index in [1.54, 1.807) is 0 Å². The fraction of sp³-hybridized carbons (Fsp3) is 0.400. The zero-order valence-corrected chi connectivity index (χ0v) is 14.5. The van der Waals surface area contributed by atoms with E-state index in [0.717, 1.165) is 37.5 Å². The molecule has 0 spiro atoms. The van der Waals surface area contributed by atoms with Gasteiger partial charge in [-0.25, -0.2) is 0 Å². The highest BCUT2D eigenvalue weighted by molar-refractivity contribution is 6.30. The van der Waals surface area contributed by atoms with Crippen molar-refractivity contribution in [3.05, 3.63) is 70.2 Å². The maximum absolute atomic E-state index is 6.31. The van der Waals surface area contributed by atoms with Gasteiger partial charge in [-0.2, -0.15) is 0 Å². The third-order valence-corrected chi connectivity index (χ3v) is 4.86. The Hall–Kier alpha value is -1.35. The monoisotopic (exact) mass is 328 g/mol. The van der Waals surface area contributed by atoms with Crippen molar-refractivity contribution in [2.45, 2.75) is 32.4 Å². The maximum atomic E-state index is 6.31. The standard InChI is InChI=1S/C20H25ClN2/c1-15-2-4-16(5-3-15)10-18-11-20(22)14-23(13-18)12-17-6-8-19(21)9-7-17/h2-9,18,20H,10-14,22H2,1H3. The minimum absolute atomic E-state index is 0.270. The molecule has 3 heteroatoms. The van der Waals surface area contributed by atoms with Crippen molar-refractivity contribution < 1.29 is 0 Å². The smallest absolute Gasteiger partial charge is 0.0406 e. The topological polar surface area (TPSA) is 29.3 Å². The Morgan fingerprint density at radius 1 is 1.00 bits per heavy atom. The van der Waals surface area contributed by atoms with E-state index in [1.807, 2.05) is 12.1 Å². The lowest BCUT2D eigenvalue weighted by Crippen LogP contribution is -2.47. The van der Waals surface area contributed by atoms with Gasteiger partial charge in [0.2, 0.25) is 0 Å². The summed E-state index contributed by atoms with van der Waals surface area (Å²) in [5, 5.41) is 0.793. The minimum Gasteiger partial charge on any atom is -0.327 e. The van der Waals surface area contributed by atoms with E-state index in [-0.39, 0.29) is 6.04 Å². The first-order valence-corrected chi connectivity index (χ1v) is 8.74. The lowest BCUT2D eigenvalue weighted by Gasteiger charge is -2.36. The summed E-state index contributed by atoms with van der Waals surface area (Å²) in [5.74, 6) is 0.633. The zero-order valence-electron chi connectivity index (χ0n) is 13.7. The van der Waals surface area contributed by atoms with Gasteiger partial charge >= 0.3 is 0 Å². The molecule has 2 atom stereocenters. The Morgan fingerprint density at radius 3 is 2.35 bits per heavy atom. The fourth-order valence-electron chi connectivity index (χ4n) is 3.53. The molecule has 0 amide bonds. The molecule has 23 heavy (non-hydrogen) atoms. The van der Waals surface area contributed by atoms with Crippen molar-refractivity contribution in [2.75, 3.05) is 13.1 Å². The maximum Gasteiger partial charge on any atom is 0.0406 e. The highest BCUT2D eigenvalue weighted by Crippen LogP contribution is 2.22. The number of piperidine rings is 1. The fourth-order valence-corrected chi connectivity index (χ4v) is 3.66. The molecule has 3 rings (SSSR count). The van der Waals surface area contributed by atoms with E-state index >= 15 is 0 Å². The van der Waals surface area contributed by atoms with Gasteiger partial charge in [-0.1, -0.05) is 53.6 Å². The molecule has 2 N–H and O–H groups in total. The number of rotatable bonds is 4. The number of nitrogens with two attached hydrogens (primary N) is 1. The Morgan fingerprint density at radius 2 is 1.65 bits per heavy atom. The SMILES string of the molecule is Cc1ccc(CC2CC(N)CN(Cc3ccc(Cl)cc3)C2)cc1. The summed E-state index contributed by atoms with van der Waals surface area (Å²) in [6.45, 7) is 5.18. The van der Waals surface area contributed by atoms with Gasteiger partial charge in [0.25, 0.3) is 0 Å². The van der Waals surface area contributed by atoms with Crippen molar-refractivity contribution in [1.82, 2.24) is 4.90 Å². The number of nitrogens with zero attached hydrogens (tertiary/aromatic N) is 1. The van der Waals surface area contributed by atoms with Crippen LogP contribution in [0.5, 0.6) is 0 Å². The van der Waals surface area contributed by atoms with E-state index < -0.39 is 0 Å². The van der Waals surface area contributed by atoms with E-state index in [9.17, 15) is 0 Å². The van der Waals surface area contributed by atoms with E-state index in [1.165, 1.54) is 16.7 Å². The summed E-state index contributed by atoms with van der Waals surface area (Å²) in [6, 6.07) is 17.3. The summed E-state index contributed by atoms with van der Waals surface area (Å²) in [4.78, 5) is 2.48. The Labute approximate surface area is 144 Å². The molecule has 0 aliphatic carbocycles. The second kappa shape index (κ2) is 7.48. The third-order valence-electron chi connectivity index (χ3n) is 4.61. The molecule has 0 aromatic heterocycles. The molecule has 0 saturated carbocycles. The number of likely N-dealkylation sites (tertiary alicyclic amines) is 1. The van der Waals surface area contributed by atoms with Crippen LogP contribution in [-0.2, 0) is 13.0 Å². The van der Waals surface area contributed by atoms with Gasteiger partial charge in [0.05, 0.1) is 0 Å². The number of benzene rings is 2. The molecule has 1 heterocycles. The molecule has 1 aliphatic heterocycles. The van der Waals surface area contributed by atoms with Gasteiger partial charge in [0.1, 0.15) is 0 Å². The molecule has 1 aliphatic rings. The molecule has 0 bridgehead atoms. The highest BCUT2D eigenvalue weighted by atomic mass is 35.5. The molecule has 1 fully saturated rings. The minimum atomic E-state index is 0.270. The van der Waals surface area contributed by atoms with Crippen molar-refractivity contribution in [3.63, 3.8) is 0 Å². The highest BCUT2D eigenvalue weighted by Gasteiger charge is 2.25. The summed E-state index contributed by atoms with van der Waals surface area (Å²) in [5.41, 5.74) is 10.3. The van der Waals surface area contributed by atoms with Crippen LogP contribution in [0.2, 0.25) is 5.02 Å². The Balaban J connectivity index is 1.62. The zero-order chi connectivity index (χ0) is 16.2. The summed E-state index contributed by atoms with van der Waals surface area (Å²) in [6.07, 6.45) is 2.23. The van der Waals surface area contributed by atoms with Crippen LogP contribution < -0.4 is 5.73 Å².